The molecular formula is C6H9BN2. The molecule has 1 N–H and O–H groups in total. The first-order valence-corrected chi connectivity index (χ1v) is 3.38. The molecule has 1 saturated carbocycles. The molecule has 0 aliphatic heterocycles. The second-order valence-corrected chi connectivity index (χ2v) is 2.74. The van der Waals surface area contributed by atoms with Gasteiger partial charge in [0, 0.05) is 17.8 Å². The van der Waals surface area contributed by atoms with Crippen molar-refractivity contribution in [2.24, 2.45) is 0 Å². The minimum atomic E-state index is 0.812. The number of aromatic nitrogens is 2. The summed E-state index contributed by atoms with van der Waals surface area (Å²) in [6, 6.07) is 0. The fourth-order valence-electron chi connectivity index (χ4n) is 1.14. The van der Waals surface area contributed by atoms with Gasteiger partial charge in [0.25, 0.3) is 0 Å². The SMILES string of the molecule is Bc1cn[nH]c1C1CC1. The van der Waals surface area contributed by atoms with Crippen LogP contribution >= 0.6 is 0 Å². The van der Waals surface area contributed by atoms with Gasteiger partial charge in [-0.2, -0.15) is 5.10 Å². The molecule has 0 atom stereocenters. The number of rotatable bonds is 1. The van der Waals surface area contributed by atoms with E-state index in [1.165, 1.54) is 24.0 Å². The van der Waals surface area contributed by atoms with Gasteiger partial charge in [-0.3, -0.25) is 5.10 Å². The minimum Gasteiger partial charge on any atom is -0.283 e. The molecule has 1 aromatic heterocycles. The van der Waals surface area contributed by atoms with Crippen LogP contribution in [-0.2, 0) is 0 Å². The number of nitrogens with one attached hydrogen (secondary N) is 1. The van der Waals surface area contributed by atoms with Crippen molar-refractivity contribution in [2.75, 3.05) is 0 Å². The third-order valence-corrected chi connectivity index (χ3v) is 1.85. The van der Waals surface area contributed by atoms with Gasteiger partial charge in [0.2, 0.25) is 0 Å². The lowest BCUT2D eigenvalue weighted by Gasteiger charge is -1.90. The molecule has 1 aromatic rings. The van der Waals surface area contributed by atoms with Gasteiger partial charge in [0.15, 0.2) is 0 Å². The Labute approximate surface area is 55.1 Å². The van der Waals surface area contributed by atoms with Gasteiger partial charge in [-0.05, 0) is 18.3 Å². The van der Waals surface area contributed by atoms with Gasteiger partial charge in [0.05, 0.1) is 0 Å². The maximum absolute atomic E-state index is 3.96. The fraction of sp³-hybridized carbons (Fsp3) is 0.500. The first-order valence-electron chi connectivity index (χ1n) is 3.38. The van der Waals surface area contributed by atoms with E-state index >= 15 is 0 Å². The molecule has 0 radical (unpaired) electrons. The summed E-state index contributed by atoms with van der Waals surface area (Å²) in [6.45, 7) is 0. The maximum Gasteiger partial charge on any atom is 0.143 e. The van der Waals surface area contributed by atoms with E-state index in [1.807, 2.05) is 6.20 Å². The molecule has 1 aliphatic carbocycles. The monoisotopic (exact) mass is 120 g/mol. The molecule has 0 bridgehead atoms. The molecule has 1 aliphatic rings. The molecule has 46 valence electrons. The lowest BCUT2D eigenvalue weighted by atomic mass is 9.95. The van der Waals surface area contributed by atoms with E-state index in [9.17, 15) is 0 Å². The summed E-state index contributed by atoms with van der Waals surface area (Å²) in [6.07, 6.45) is 4.60. The number of hydrogen-bond donors (Lipinski definition) is 1. The van der Waals surface area contributed by atoms with E-state index in [-0.39, 0.29) is 0 Å². The van der Waals surface area contributed by atoms with Gasteiger partial charge in [0.1, 0.15) is 7.85 Å². The number of nitrogens with zero attached hydrogens (tertiary/aromatic N) is 1. The first-order chi connectivity index (χ1) is 4.38. The fourth-order valence-corrected chi connectivity index (χ4v) is 1.14. The Hall–Kier alpha value is -0.725. The van der Waals surface area contributed by atoms with Crippen LogP contribution in [0.1, 0.15) is 24.5 Å². The van der Waals surface area contributed by atoms with Crippen molar-refractivity contribution in [2.45, 2.75) is 18.8 Å². The second kappa shape index (κ2) is 1.63. The van der Waals surface area contributed by atoms with Crippen LogP contribution in [0.2, 0.25) is 0 Å². The summed E-state index contributed by atoms with van der Waals surface area (Å²) in [5.41, 5.74) is 2.67. The van der Waals surface area contributed by atoms with Crippen LogP contribution in [-0.4, -0.2) is 18.0 Å². The number of hydrogen-bond acceptors (Lipinski definition) is 1. The van der Waals surface area contributed by atoms with E-state index in [1.54, 1.807) is 0 Å². The van der Waals surface area contributed by atoms with E-state index in [0.717, 1.165) is 5.92 Å². The molecule has 1 fully saturated rings. The summed E-state index contributed by atoms with van der Waals surface area (Å²) in [7, 11) is 2.11. The highest BCUT2D eigenvalue weighted by atomic mass is 15.1. The third kappa shape index (κ3) is 0.764. The average molecular weight is 120 g/mol. The lowest BCUT2D eigenvalue weighted by molar-refractivity contribution is 0.969. The van der Waals surface area contributed by atoms with E-state index in [0.29, 0.717) is 0 Å². The van der Waals surface area contributed by atoms with Crippen molar-refractivity contribution >= 4 is 13.3 Å². The Bertz CT molecular complexity index is 215. The second-order valence-electron chi connectivity index (χ2n) is 2.74. The average Bonchev–Trinajstić information content (AvgIpc) is 2.58. The molecule has 2 nitrogen and oxygen atoms in total. The molecule has 0 saturated heterocycles. The molecule has 1 heterocycles. The minimum absolute atomic E-state index is 0.812. The van der Waals surface area contributed by atoms with Crippen LogP contribution in [0.25, 0.3) is 0 Å². The molecule has 0 amide bonds. The van der Waals surface area contributed by atoms with Gasteiger partial charge in [-0.25, -0.2) is 0 Å². The van der Waals surface area contributed by atoms with E-state index in [4.69, 9.17) is 0 Å². The summed E-state index contributed by atoms with van der Waals surface area (Å²) in [5, 5.41) is 6.98. The van der Waals surface area contributed by atoms with Crippen LogP contribution in [0.3, 0.4) is 0 Å². The van der Waals surface area contributed by atoms with E-state index in [2.05, 4.69) is 18.0 Å². The summed E-state index contributed by atoms with van der Waals surface area (Å²) in [4.78, 5) is 0. The quantitative estimate of drug-likeness (QED) is 0.499. The van der Waals surface area contributed by atoms with E-state index < -0.39 is 0 Å². The van der Waals surface area contributed by atoms with Gasteiger partial charge in [-0.15, -0.1) is 0 Å². The Balaban J connectivity index is 2.35. The Morgan fingerprint density at radius 2 is 2.44 bits per heavy atom. The first kappa shape index (κ1) is 5.09. The standard InChI is InChI=1S/C6H9BN2/c7-5-3-8-9-6(5)4-1-2-4/h3-4H,1-2,7H2,(H,8,9). The van der Waals surface area contributed by atoms with Crippen molar-refractivity contribution in [3.8, 4) is 0 Å². The Kier molecular flexibility index (Phi) is 0.919. The highest BCUT2D eigenvalue weighted by Gasteiger charge is 2.25. The smallest absolute Gasteiger partial charge is 0.143 e. The molecule has 9 heavy (non-hydrogen) atoms. The van der Waals surface area contributed by atoms with Crippen molar-refractivity contribution < 1.29 is 0 Å². The lowest BCUT2D eigenvalue weighted by Crippen LogP contribution is -2.04. The molecule has 0 unspecified atom stereocenters. The predicted octanol–water partition coefficient (Wildman–Crippen LogP) is -0.455. The van der Waals surface area contributed by atoms with Gasteiger partial charge < -0.3 is 0 Å². The maximum atomic E-state index is 3.96. The molecule has 0 spiro atoms. The van der Waals surface area contributed by atoms with Crippen molar-refractivity contribution in [1.82, 2.24) is 10.2 Å². The molecule has 0 aromatic carbocycles. The van der Waals surface area contributed by atoms with Gasteiger partial charge >= 0.3 is 0 Å². The Morgan fingerprint density at radius 3 is 2.89 bits per heavy atom. The predicted molar refractivity (Wildman–Crippen MR) is 38.7 cm³/mol. The van der Waals surface area contributed by atoms with Crippen LogP contribution in [0.15, 0.2) is 6.20 Å². The molecule has 2 rings (SSSR count). The van der Waals surface area contributed by atoms with Crippen molar-refractivity contribution in [3.05, 3.63) is 11.9 Å². The zero-order valence-electron chi connectivity index (χ0n) is 5.52. The van der Waals surface area contributed by atoms with Crippen molar-refractivity contribution in [1.29, 1.82) is 0 Å². The van der Waals surface area contributed by atoms with Crippen LogP contribution < -0.4 is 5.46 Å². The highest BCUT2D eigenvalue weighted by Crippen LogP contribution is 2.37. The van der Waals surface area contributed by atoms with Crippen molar-refractivity contribution in [3.63, 3.8) is 0 Å². The molecular weight excluding hydrogens is 111 g/mol. The molecule has 3 heteroatoms. The zero-order valence-corrected chi connectivity index (χ0v) is 5.52. The largest absolute Gasteiger partial charge is 0.283 e. The third-order valence-electron chi connectivity index (χ3n) is 1.85. The number of H-pyrrole nitrogens is 1. The normalized spacial score (nSPS) is 18.2. The van der Waals surface area contributed by atoms with Crippen LogP contribution in [0.5, 0.6) is 0 Å². The number of aromatic amines is 1. The van der Waals surface area contributed by atoms with Gasteiger partial charge in [-0.1, -0.05) is 0 Å². The topological polar surface area (TPSA) is 28.7 Å². The van der Waals surface area contributed by atoms with Crippen LogP contribution in [0.4, 0.5) is 0 Å². The van der Waals surface area contributed by atoms with Crippen LogP contribution in [0, 0.1) is 0 Å². The summed E-state index contributed by atoms with van der Waals surface area (Å²) < 4.78 is 0. The summed E-state index contributed by atoms with van der Waals surface area (Å²) >= 11 is 0. The highest BCUT2D eigenvalue weighted by molar-refractivity contribution is 6.33. The zero-order chi connectivity index (χ0) is 6.27. The Morgan fingerprint density at radius 1 is 1.67 bits per heavy atom. The summed E-state index contributed by atoms with van der Waals surface area (Å²) in [5.74, 6) is 0.812.